The molecule has 0 unspecified atom stereocenters. The molecular formula is C16H11Cl2NO. The largest absolute Gasteiger partial charge is 0.497 e. The van der Waals surface area contributed by atoms with Crippen molar-refractivity contribution in [2.24, 2.45) is 0 Å². The summed E-state index contributed by atoms with van der Waals surface area (Å²) in [5.41, 5.74) is 1.58. The first kappa shape index (κ1) is 13.2. The van der Waals surface area contributed by atoms with Crippen molar-refractivity contribution in [3.63, 3.8) is 0 Å². The van der Waals surface area contributed by atoms with Gasteiger partial charge in [0.05, 0.1) is 17.8 Å². The highest BCUT2D eigenvalue weighted by molar-refractivity contribution is 6.41. The quantitative estimate of drug-likeness (QED) is 0.606. The van der Waals surface area contributed by atoms with Gasteiger partial charge < -0.3 is 4.74 Å². The normalized spacial score (nSPS) is 10.8. The highest BCUT2D eigenvalue weighted by Crippen LogP contribution is 2.36. The highest BCUT2D eigenvalue weighted by atomic mass is 35.5. The van der Waals surface area contributed by atoms with Gasteiger partial charge in [0.25, 0.3) is 0 Å². The maximum Gasteiger partial charge on any atom is 0.137 e. The molecule has 0 saturated heterocycles. The molecule has 20 heavy (non-hydrogen) atoms. The molecule has 0 fully saturated rings. The molecule has 1 aromatic heterocycles. The Labute approximate surface area is 126 Å². The molecule has 0 saturated carbocycles. The number of halogens is 2. The van der Waals surface area contributed by atoms with Crippen molar-refractivity contribution in [1.29, 1.82) is 0 Å². The second-order valence-corrected chi connectivity index (χ2v) is 5.08. The molecule has 4 heteroatoms. The summed E-state index contributed by atoms with van der Waals surface area (Å²) in [6.07, 6.45) is 0. The van der Waals surface area contributed by atoms with Crippen molar-refractivity contribution in [2.75, 3.05) is 7.11 Å². The van der Waals surface area contributed by atoms with Crippen LogP contribution in [0.3, 0.4) is 0 Å². The number of rotatable bonds is 2. The van der Waals surface area contributed by atoms with Gasteiger partial charge in [-0.1, -0.05) is 47.5 Å². The summed E-state index contributed by atoms with van der Waals surface area (Å²) in [5.74, 6) is 0.789. The van der Waals surface area contributed by atoms with E-state index in [1.807, 2.05) is 48.5 Å². The average molecular weight is 304 g/mol. The monoisotopic (exact) mass is 303 g/mol. The minimum atomic E-state index is 0.454. The fraction of sp³-hybridized carbons (Fsp3) is 0.0625. The Morgan fingerprint density at radius 2 is 1.55 bits per heavy atom. The molecule has 0 aliphatic heterocycles. The predicted octanol–water partition coefficient (Wildman–Crippen LogP) is 5.22. The Morgan fingerprint density at radius 3 is 2.20 bits per heavy atom. The Bertz CT molecular complexity index is 769. The van der Waals surface area contributed by atoms with E-state index in [0.29, 0.717) is 15.9 Å². The molecule has 0 atom stereocenters. The number of ether oxygens (including phenoxy) is 1. The van der Waals surface area contributed by atoms with Gasteiger partial charge in [-0.15, -0.1) is 0 Å². The second kappa shape index (κ2) is 5.31. The Morgan fingerprint density at radius 1 is 0.900 bits per heavy atom. The third-order valence-corrected chi connectivity index (χ3v) is 3.84. The number of hydrogen-bond acceptors (Lipinski definition) is 2. The van der Waals surface area contributed by atoms with E-state index in [4.69, 9.17) is 27.9 Å². The minimum absolute atomic E-state index is 0.454. The Kier molecular flexibility index (Phi) is 3.51. The summed E-state index contributed by atoms with van der Waals surface area (Å²) in [6.45, 7) is 0. The SMILES string of the molecule is COc1ccc(-c2nc(Cl)c3ccccc3c2Cl)cc1. The summed E-state index contributed by atoms with van der Waals surface area (Å²) in [5, 5.41) is 2.82. The minimum Gasteiger partial charge on any atom is -0.497 e. The molecule has 1 heterocycles. The molecule has 0 amide bonds. The fourth-order valence-electron chi connectivity index (χ4n) is 2.13. The van der Waals surface area contributed by atoms with Gasteiger partial charge in [-0.05, 0) is 24.3 Å². The molecule has 0 aliphatic rings. The van der Waals surface area contributed by atoms with Crippen LogP contribution in [-0.2, 0) is 0 Å². The third kappa shape index (κ3) is 2.21. The zero-order chi connectivity index (χ0) is 14.1. The molecule has 100 valence electrons. The van der Waals surface area contributed by atoms with Gasteiger partial charge in [-0.25, -0.2) is 4.98 Å². The molecule has 3 aromatic rings. The van der Waals surface area contributed by atoms with Crippen molar-refractivity contribution in [3.05, 3.63) is 58.7 Å². The van der Waals surface area contributed by atoms with Gasteiger partial charge in [0.15, 0.2) is 0 Å². The van der Waals surface area contributed by atoms with Crippen LogP contribution < -0.4 is 4.74 Å². The molecule has 0 N–H and O–H groups in total. The van der Waals surface area contributed by atoms with E-state index in [0.717, 1.165) is 22.1 Å². The van der Waals surface area contributed by atoms with E-state index >= 15 is 0 Å². The van der Waals surface area contributed by atoms with Gasteiger partial charge >= 0.3 is 0 Å². The van der Waals surface area contributed by atoms with E-state index in [2.05, 4.69) is 4.98 Å². The van der Waals surface area contributed by atoms with Crippen LogP contribution in [0.1, 0.15) is 0 Å². The van der Waals surface area contributed by atoms with Gasteiger partial charge in [-0.3, -0.25) is 0 Å². The van der Waals surface area contributed by atoms with Gasteiger partial charge in [0, 0.05) is 16.3 Å². The molecule has 0 radical (unpaired) electrons. The first-order chi connectivity index (χ1) is 9.70. The zero-order valence-electron chi connectivity index (χ0n) is 10.7. The van der Waals surface area contributed by atoms with Crippen LogP contribution in [0.25, 0.3) is 22.0 Å². The molecule has 2 aromatic carbocycles. The number of benzene rings is 2. The maximum atomic E-state index is 6.47. The van der Waals surface area contributed by atoms with E-state index in [1.54, 1.807) is 7.11 Å². The van der Waals surface area contributed by atoms with Crippen molar-refractivity contribution in [3.8, 4) is 17.0 Å². The number of hydrogen-bond donors (Lipinski definition) is 0. The summed E-state index contributed by atoms with van der Waals surface area (Å²) >= 11 is 12.7. The number of aromatic nitrogens is 1. The van der Waals surface area contributed by atoms with Crippen molar-refractivity contribution in [1.82, 2.24) is 4.98 Å². The number of fused-ring (bicyclic) bond motifs is 1. The summed E-state index contributed by atoms with van der Waals surface area (Å²) < 4.78 is 5.15. The molecular weight excluding hydrogens is 293 g/mol. The van der Waals surface area contributed by atoms with Crippen LogP contribution in [0.2, 0.25) is 10.2 Å². The van der Waals surface area contributed by atoms with E-state index in [9.17, 15) is 0 Å². The summed E-state index contributed by atoms with van der Waals surface area (Å²) in [4.78, 5) is 4.42. The van der Waals surface area contributed by atoms with Crippen LogP contribution >= 0.6 is 23.2 Å². The lowest BCUT2D eigenvalue weighted by Crippen LogP contribution is -1.90. The molecule has 2 nitrogen and oxygen atoms in total. The molecule has 0 aliphatic carbocycles. The van der Waals surface area contributed by atoms with E-state index < -0.39 is 0 Å². The van der Waals surface area contributed by atoms with Crippen molar-refractivity contribution >= 4 is 34.0 Å². The van der Waals surface area contributed by atoms with Crippen molar-refractivity contribution in [2.45, 2.75) is 0 Å². The summed E-state index contributed by atoms with van der Waals surface area (Å²) in [6, 6.07) is 15.3. The van der Waals surface area contributed by atoms with Gasteiger partial charge in [0.2, 0.25) is 0 Å². The van der Waals surface area contributed by atoms with Gasteiger partial charge in [-0.2, -0.15) is 0 Å². The first-order valence-electron chi connectivity index (χ1n) is 6.09. The van der Waals surface area contributed by atoms with Gasteiger partial charge in [0.1, 0.15) is 10.9 Å². The standard InChI is InChI=1S/C16H11Cl2NO/c1-20-11-8-6-10(7-9-11)15-14(17)12-4-2-3-5-13(12)16(18)19-15/h2-9H,1H3. The zero-order valence-corrected chi connectivity index (χ0v) is 12.2. The third-order valence-electron chi connectivity index (χ3n) is 3.17. The second-order valence-electron chi connectivity index (χ2n) is 4.34. The van der Waals surface area contributed by atoms with E-state index in [-0.39, 0.29) is 0 Å². The van der Waals surface area contributed by atoms with Crippen LogP contribution in [0, 0.1) is 0 Å². The average Bonchev–Trinajstić information content (AvgIpc) is 2.51. The Hall–Kier alpha value is -1.77. The summed E-state index contributed by atoms with van der Waals surface area (Å²) in [7, 11) is 1.63. The fourth-order valence-corrected chi connectivity index (χ4v) is 2.70. The topological polar surface area (TPSA) is 22.1 Å². The lowest BCUT2D eigenvalue weighted by molar-refractivity contribution is 0.415. The Balaban J connectivity index is 2.22. The highest BCUT2D eigenvalue weighted by Gasteiger charge is 2.12. The molecule has 0 bridgehead atoms. The maximum absolute atomic E-state index is 6.47. The smallest absolute Gasteiger partial charge is 0.137 e. The van der Waals surface area contributed by atoms with Crippen LogP contribution in [0.5, 0.6) is 5.75 Å². The van der Waals surface area contributed by atoms with Crippen LogP contribution in [0.15, 0.2) is 48.5 Å². The molecule has 3 rings (SSSR count). The lowest BCUT2D eigenvalue weighted by Gasteiger charge is -2.09. The molecule has 0 spiro atoms. The van der Waals surface area contributed by atoms with Crippen LogP contribution in [-0.4, -0.2) is 12.1 Å². The van der Waals surface area contributed by atoms with Crippen LogP contribution in [0.4, 0.5) is 0 Å². The first-order valence-corrected chi connectivity index (χ1v) is 6.84. The number of methoxy groups -OCH3 is 1. The van der Waals surface area contributed by atoms with Crippen molar-refractivity contribution < 1.29 is 4.74 Å². The van der Waals surface area contributed by atoms with E-state index in [1.165, 1.54) is 0 Å². The number of nitrogens with zero attached hydrogens (tertiary/aromatic N) is 1. The predicted molar refractivity (Wildman–Crippen MR) is 83.8 cm³/mol. The number of pyridine rings is 1. The lowest BCUT2D eigenvalue weighted by atomic mass is 10.1.